The Morgan fingerprint density at radius 2 is 2.17 bits per heavy atom. The molecule has 1 aliphatic heterocycles. The predicted molar refractivity (Wildman–Crippen MR) is 73.6 cm³/mol. The molecule has 0 bridgehead atoms. The lowest BCUT2D eigenvalue weighted by molar-refractivity contribution is -0.115. The number of likely N-dealkylation sites (N-methyl/N-ethyl adjacent to an activating group) is 1. The van der Waals surface area contributed by atoms with Crippen molar-refractivity contribution in [3.63, 3.8) is 0 Å². The van der Waals surface area contributed by atoms with Gasteiger partial charge in [0, 0.05) is 24.3 Å². The van der Waals surface area contributed by atoms with Crippen molar-refractivity contribution in [3.8, 4) is 0 Å². The summed E-state index contributed by atoms with van der Waals surface area (Å²) < 4.78 is 0. The van der Waals surface area contributed by atoms with Crippen molar-refractivity contribution in [3.05, 3.63) is 29.3 Å². The summed E-state index contributed by atoms with van der Waals surface area (Å²) in [7, 11) is 1.95. The van der Waals surface area contributed by atoms with E-state index in [0.717, 1.165) is 24.3 Å². The normalized spacial score (nSPS) is 14.5. The van der Waals surface area contributed by atoms with Crippen LogP contribution >= 0.6 is 0 Å². The molecule has 1 aromatic carbocycles. The van der Waals surface area contributed by atoms with E-state index in [2.05, 4.69) is 41.9 Å². The fourth-order valence-electron chi connectivity index (χ4n) is 2.24. The number of nitrogens with one attached hydrogen (secondary N) is 3. The molecule has 0 unspecified atom stereocenters. The van der Waals surface area contributed by atoms with Crippen molar-refractivity contribution < 1.29 is 4.79 Å². The van der Waals surface area contributed by atoms with E-state index in [4.69, 9.17) is 0 Å². The highest BCUT2D eigenvalue weighted by molar-refractivity contribution is 5.99. The van der Waals surface area contributed by atoms with E-state index < -0.39 is 0 Å². The number of hydrogen-bond donors (Lipinski definition) is 3. The van der Waals surface area contributed by atoms with E-state index in [0.29, 0.717) is 6.42 Å². The van der Waals surface area contributed by atoms with Gasteiger partial charge in [-0.25, -0.2) is 0 Å². The quantitative estimate of drug-likeness (QED) is 0.734. The van der Waals surface area contributed by atoms with Gasteiger partial charge < -0.3 is 16.0 Å². The summed E-state index contributed by atoms with van der Waals surface area (Å²) in [4.78, 5) is 11.3. The molecule has 0 saturated carbocycles. The Bertz CT molecular complexity index is 454. The monoisotopic (exact) mass is 247 g/mol. The first-order valence-corrected chi connectivity index (χ1v) is 6.31. The number of benzene rings is 1. The Morgan fingerprint density at radius 1 is 1.39 bits per heavy atom. The molecular formula is C14H21N3O. The fourth-order valence-corrected chi connectivity index (χ4v) is 2.24. The van der Waals surface area contributed by atoms with Gasteiger partial charge in [-0.15, -0.1) is 0 Å². The maximum Gasteiger partial charge on any atom is 0.228 e. The van der Waals surface area contributed by atoms with Gasteiger partial charge in [0.05, 0.1) is 6.42 Å². The zero-order valence-electron chi connectivity index (χ0n) is 11.3. The van der Waals surface area contributed by atoms with Crippen LogP contribution in [0.15, 0.2) is 18.2 Å². The number of hydrogen-bond acceptors (Lipinski definition) is 3. The van der Waals surface area contributed by atoms with Crippen LogP contribution < -0.4 is 16.0 Å². The van der Waals surface area contributed by atoms with E-state index in [1.807, 2.05) is 13.1 Å². The Morgan fingerprint density at radius 3 is 2.89 bits per heavy atom. The van der Waals surface area contributed by atoms with Crippen molar-refractivity contribution in [2.75, 3.05) is 18.9 Å². The molecule has 4 nitrogen and oxygen atoms in total. The summed E-state index contributed by atoms with van der Waals surface area (Å²) in [5.41, 5.74) is 3.33. The van der Waals surface area contributed by atoms with Gasteiger partial charge in [0.1, 0.15) is 0 Å². The Balaban J connectivity index is 1.99. The van der Waals surface area contributed by atoms with Gasteiger partial charge in [0.15, 0.2) is 0 Å². The second kappa shape index (κ2) is 5.08. The third-order valence-corrected chi connectivity index (χ3v) is 3.18. The maximum atomic E-state index is 11.3. The fraction of sp³-hybridized carbons (Fsp3) is 0.500. The molecule has 2 rings (SSSR count). The van der Waals surface area contributed by atoms with Gasteiger partial charge >= 0.3 is 0 Å². The molecule has 1 aromatic rings. The van der Waals surface area contributed by atoms with Crippen LogP contribution in [0.3, 0.4) is 0 Å². The van der Waals surface area contributed by atoms with Crippen LogP contribution in [0.4, 0.5) is 5.69 Å². The molecule has 0 aliphatic carbocycles. The van der Waals surface area contributed by atoms with E-state index in [-0.39, 0.29) is 11.4 Å². The Hall–Kier alpha value is -1.39. The van der Waals surface area contributed by atoms with Gasteiger partial charge in [-0.05, 0) is 38.1 Å². The first kappa shape index (κ1) is 13.1. The summed E-state index contributed by atoms with van der Waals surface area (Å²) in [6.45, 7) is 6.07. The SMILES string of the molecule is CNCC(C)(C)NCc1ccc2c(c1)CC(=O)N2. The summed E-state index contributed by atoms with van der Waals surface area (Å²) in [5.74, 6) is 0.0885. The van der Waals surface area contributed by atoms with Crippen LogP contribution in [0.2, 0.25) is 0 Å². The van der Waals surface area contributed by atoms with Crippen LogP contribution in [0.1, 0.15) is 25.0 Å². The first-order valence-electron chi connectivity index (χ1n) is 6.31. The summed E-state index contributed by atoms with van der Waals surface area (Å²) >= 11 is 0. The van der Waals surface area contributed by atoms with Crippen molar-refractivity contribution >= 4 is 11.6 Å². The molecule has 98 valence electrons. The van der Waals surface area contributed by atoms with Crippen molar-refractivity contribution in [2.24, 2.45) is 0 Å². The van der Waals surface area contributed by atoms with Gasteiger partial charge in [0.25, 0.3) is 0 Å². The lowest BCUT2D eigenvalue weighted by Gasteiger charge is -2.26. The van der Waals surface area contributed by atoms with Gasteiger partial charge in [-0.1, -0.05) is 12.1 Å². The van der Waals surface area contributed by atoms with E-state index in [9.17, 15) is 4.79 Å². The highest BCUT2D eigenvalue weighted by atomic mass is 16.1. The zero-order valence-corrected chi connectivity index (χ0v) is 11.3. The highest BCUT2D eigenvalue weighted by Gasteiger charge is 2.19. The maximum absolute atomic E-state index is 11.3. The topological polar surface area (TPSA) is 53.2 Å². The number of anilines is 1. The molecule has 18 heavy (non-hydrogen) atoms. The minimum absolute atomic E-state index is 0.0574. The van der Waals surface area contributed by atoms with Crippen LogP contribution in [0.25, 0.3) is 0 Å². The molecule has 4 heteroatoms. The number of carbonyl (C=O) groups excluding carboxylic acids is 1. The van der Waals surface area contributed by atoms with Crippen molar-refractivity contribution in [1.29, 1.82) is 0 Å². The molecule has 1 heterocycles. The average Bonchev–Trinajstić information content (AvgIpc) is 2.65. The molecule has 0 fully saturated rings. The van der Waals surface area contributed by atoms with Crippen molar-refractivity contribution in [2.45, 2.75) is 32.4 Å². The Labute approximate surface area is 108 Å². The second-order valence-electron chi connectivity index (χ2n) is 5.48. The molecule has 1 aliphatic rings. The van der Waals surface area contributed by atoms with Crippen LogP contribution in [-0.2, 0) is 17.8 Å². The zero-order chi connectivity index (χ0) is 13.2. The summed E-state index contributed by atoms with van der Waals surface area (Å²) in [6, 6.07) is 6.16. The van der Waals surface area contributed by atoms with Crippen LogP contribution in [-0.4, -0.2) is 25.0 Å². The van der Waals surface area contributed by atoms with Crippen LogP contribution in [0.5, 0.6) is 0 Å². The number of amides is 1. The molecule has 0 spiro atoms. The lowest BCUT2D eigenvalue weighted by atomic mass is 10.0. The third kappa shape index (κ3) is 3.09. The van der Waals surface area contributed by atoms with Crippen LogP contribution in [0, 0.1) is 0 Å². The smallest absolute Gasteiger partial charge is 0.228 e. The molecule has 1 amide bonds. The van der Waals surface area contributed by atoms with Gasteiger partial charge in [-0.3, -0.25) is 4.79 Å². The first-order chi connectivity index (χ1) is 8.50. The summed E-state index contributed by atoms with van der Waals surface area (Å²) in [6.07, 6.45) is 0.503. The highest BCUT2D eigenvalue weighted by Crippen LogP contribution is 2.23. The molecule has 3 N–H and O–H groups in total. The molecule has 0 atom stereocenters. The van der Waals surface area contributed by atoms with Gasteiger partial charge in [0.2, 0.25) is 5.91 Å². The number of rotatable bonds is 5. The van der Waals surface area contributed by atoms with Gasteiger partial charge in [-0.2, -0.15) is 0 Å². The largest absolute Gasteiger partial charge is 0.326 e. The lowest BCUT2D eigenvalue weighted by Crippen LogP contribution is -2.46. The second-order valence-corrected chi connectivity index (χ2v) is 5.48. The average molecular weight is 247 g/mol. The molecular weight excluding hydrogens is 226 g/mol. The number of carbonyl (C=O) groups is 1. The Kier molecular flexibility index (Phi) is 3.68. The summed E-state index contributed by atoms with van der Waals surface area (Å²) in [5, 5.41) is 9.53. The van der Waals surface area contributed by atoms with E-state index in [1.165, 1.54) is 5.56 Å². The van der Waals surface area contributed by atoms with Crippen molar-refractivity contribution in [1.82, 2.24) is 10.6 Å². The molecule has 0 saturated heterocycles. The molecule has 0 aromatic heterocycles. The predicted octanol–water partition coefficient (Wildman–Crippen LogP) is 1.27. The molecule has 0 radical (unpaired) electrons. The van der Waals surface area contributed by atoms with E-state index >= 15 is 0 Å². The third-order valence-electron chi connectivity index (χ3n) is 3.18. The minimum Gasteiger partial charge on any atom is -0.326 e. The standard InChI is InChI=1S/C14H21N3O/c1-14(2,9-15-3)16-8-10-4-5-12-11(6-10)7-13(18)17-12/h4-6,15-16H,7-9H2,1-3H3,(H,17,18). The minimum atomic E-state index is 0.0574. The van der Waals surface area contributed by atoms with E-state index in [1.54, 1.807) is 0 Å². The number of fused-ring (bicyclic) bond motifs is 1.